The third-order valence-electron chi connectivity index (χ3n) is 8.61. The summed E-state index contributed by atoms with van der Waals surface area (Å²) in [5.74, 6) is 1.79. The quantitative estimate of drug-likeness (QED) is 0.235. The zero-order chi connectivity index (χ0) is 28.7. The fourth-order valence-electron chi connectivity index (χ4n) is 6.57. The first kappa shape index (κ1) is 24.0. The van der Waals surface area contributed by atoms with Crippen molar-refractivity contribution in [1.82, 2.24) is 14.5 Å². The van der Waals surface area contributed by atoms with Gasteiger partial charge in [-0.25, -0.2) is 9.97 Å². The van der Waals surface area contributed by atoms with Crippen LogP contribution in [0.4, 0.5) is 0 Å². The van der Waals surface area contributed by atoms with Crippen LogP contribution in [0.2, 0.25) is 0 Å². The first-order valence-corrected chi connectivity index (χ1v) is 14.4. The van der Waals surface area contributed by atoms with Gasteiger partial charge in [0.25, 0.3) is 0 Å². The molecule has 7 aromatic rings. The topological polar surface area (TPSA) is 73.3 Å². The minimum absolute atomic E-state index is 0.0577. The Balaban J connectivity index is 1.25. The molecule has 2 unspecified atom stereocenters. The number of aromatic hydroxyl groups is 1. The number of aromatic nitrogens is 3. The smallest absolute Gasteiger partial charge is 0.144 e. The summed E-state index contributed by atoms with van der Waals surface area (Å²) in [4.78, 5) is 10.2. The first-order valence-electron chi connectivity index (χ1n) is 14.4. The van der Waals surface area contributed by atoms with Gasteiger partial charge in [-0.05, 0) is 48.5 Å². The van der Waals surface area contributed by atoms with E-state index in [4.69, 9.17) is 19.1 Å². The van der Waals surface area contributed by atoms with Gasteiger partial charge in [0.15, 0.2) is 0 Å². The van der Waals surface area contributed by atoms with E-state index in [0.717, 1.165) is 61.1 Å². The van der Waals surface area contributed by atoms with Crippen LogP contribution in [-0.2, 0) is 7.05 Å². The van der Waals surface area contributed by atoms with Crippen LogP contribution in [-0.4, -0.2) is 25.7 Å². The fourth-order valence-corrected chi connectivity index (χ4v) is 6.57. The van der Waals surface area contributed by atoms with Crippen LogP contribution >= 0.6 is 0 Å². The highest BCUT2D eigenvalue weighted by molar-refractivity contribution is 6.13. The molecule has 0 fully saturated rings. The number of rotatable bonds is 3. The number of allylic oxidation sites excluding steroid dienone is 2. The van der Waals surface area contributed by atoms with Crippen LogP contribution < -0.4 is 4.74 Å². The van der Waals surface area contributed by atoms with Gasteiger partial charge in [0.2, 0.25) is 0 Å². The highest BCUT2D eigenvalue weighted by atomic mass is 16.5. The SMILES string of the molecule is Cn1cc(-c2cc(-c3ccc4ccccc4n3)c3c(c2)C2C=CC=CC2O3)nc1-c1c(O)ccc2oc3ccccc3c12. The number of nitrogens with zero attached hydrogens (tertiary/aromatic N) is 3. The second-order valence-electron chi connectivity index (χ2n) is 11.2. The van der Waals surface area contributed by atoms with E-state index >= 15 is 0 Å². The van der Waals surface area contributed by atoms with Gasteiger partial charge in [0.05, 0.1) is 22.5 Å². The standard InChI is InChI=1S/C37H25N3O3/c1-40-20-29(39-37(40)35-30(41)16-17-33-34(35)24-10-4-7-13-32(24)42-33)22-18-25-23-9-3-6-12-31(23)43-36(25)26(19-22)28-15-14-21-8-2-5-11-27(21)38-28/h2-20,23,31,41H,1H3. The molecule has 206 valence electrons. The minimum Gasteiger partial charge on any atom is -0.507 e. The molecule has 2 atom stereocenters. The Morgan fingerprint density at radius 2 is 1.67 bits per heavy atom. The Kier molecular flexibility index (Phi) is 4.99. The lowest BCUT2D eigenvalue weighted by Gasteiger charge is -2.14. The van der Waals surface area contributed by atoms with Gasteiger partial charge in [-0.1, -0.05) is 60.7 Å². The van der Waals surface area contributed by atoms with Gasteiger partial charge in [0, 0.05) is 52.0 Å². The van der Waals surface area contributed by atoms with Gasteiger partial charge in [0.1, 0.15) is 34.6 Å². The summed E-state index contributed by atoms with van der Waals surface area (Å²) in [6.07, 6.45) is 10.4. The Hall–Kier alpha value is -5.62. The average molecular weight is 560 g/mol. The Labute approximate surface area is 246 Å². The molecule has 3 aromatic heterocycles. The molecule has 0 amide bonds. The number of imidazole rings is 1. The number of aryl methyl sites for hydroxylation is 1. The van der Waals surface area contributed by atoms with E-state index < -0.39 is 0 Å². The molecule has 0 bridgehead atoms. The number of fused-ring (bicyclic) bond motifs is 7. The van der Waals surface area contributed by atoms with Crippen molar-refractivity contribution in [3.05, 3.63) is 121 Å². The number of phenolic OH excluding ortho intramolecular Hbond substituents is 1. The summed E-state index contributed by atoms with van der Waals surface area (Å²) in [6, 6.07) is 28.0. The molecule has 0 radical (unpaired) electrons. The van der Waals surface area contributed by atoms with Crippen LogP contribution in [0.25, 0.3) is 66.7 Å². The molecule has 2 aliphatic rings. The molecular weight excluding hydrogens is 534 g/mol. The Bertz CT molecular complexity index is 2320. The van der Waals surface area contributed by atoms with Crippen LogP contribution in [0.5, 0.6) is 11.5 Å². The summed E-state index contributed by atoms with van der Waals surface area (Å²) in [6.45, 7) is 0. The van der Waals surface area contributed by atoms with E-state index in [9.17, 15) is 5.11 Å². The second kappa shape index (κ2) is 8.94. The van der Waals surface area contributed by atoms with Crippen LogP contribution in [0.1, 0.15) is 11.5 Å². The third kappa shape index (κ3) is 3.59. The lowest BCUT2D eigenvalue weighted by molar-refractivity contribution is 0.270. The zero-order valence-electron chi connectivity index (χ0n) is 23.2. The number of hydrogen-bond acceptors (Lipinski definition) is 5. The highest BCUT2D eigenvalue weighted by Crippen LogP contribution is 2.49. The molecule has 4 aromatic carbocycles. The van der Waals surface area contributed by atoms with Crippen molar-refractivity contribution in [2.45, 2.75) is 12.0 Å². The van der Waals surface area contributed by atoms with Gasteiger partial charge in [-0.15, -0.1) is 0 Å². The first-order chi connectivity index (χ1) is 21.1. The van der Waals surface area contributed by atoms with Crippen molar-refractivity contribution < 1.29 is 14.3 Å². The lowest BCUT2D eigenvalue weighted by atomic mass is 9.89. The number of phenols is 1. The Morgan fingerprint density at radius 1 is 0.814 bits per heavy atom. The molecule has 6 nitrogen and oxygen atoms in total. The van der Waals surface area contributed by atoms with Crippen molar-refractivity contribution in [3.8, 4) is 45.4 Å². The summed E-state index contributed by atoms with van der Waals surface area (Å²) < 4.78 is 14.6. The number of hydrogen-bond donors (Lipinski definition) is 1. The van der Waals surface area contributed by atoms with E-state index in [1.807, 2.05) is 72.4 Å². The predicted octanol–water partition coefficient (Wildman–Crippen LogP) is 8.54. The number of furan rings is 1. The van der Waals surface area contributed by atoms with Crippen molar-refractivity contribution in [3.63, 3.8) is 0 Å². The van der Waals surface area contributed by atoms with E-state index in [2.05, 4.69) is 48.6 Å². The molecule has 4 heterocycles. The fraction of sp³-hybridized carbons (Fsp3) is 0.0811. The molecule has 0 saturated heterocycles. The maximum Gasteiger partial charge on any atom is 0.144 e. The molecule has 0 saturated carbocycles. The highest BCUT2D eigenvalue weighted by Gasteiger charge is 2.35. The largest absolute Gasteiger partial charge is 0.507 e. The van der Waals surface area contributed by atoms with Crippen molar-refractivity contribution in [2.75, 3.05) is 0 Å². The van der Waals surface area contributed by atoms with Gasteiger partial charge >= 0.3 is 0 Å². The molecule has 6 heteroatoms. The maximum atomic E-state index is 11.1. The van der Waals surface area contributed by atoms with Crippen molar-refractivity contribution in [1.29, 1.82) is 0 Å². The molecular formula is C37H25N3O3. The van der Waals surface area contributed by atoms with Crippen molar-refractivity contribution in [2.24, 2.45) is 7.05 Å². The summed E-state index contributed by atoms with van der Waals surface area (Å²) in [5, 5.41) is 14.0. The summed E-state index contributed by atoms with van der Waals surface area (Å²) >= 11 is 0. The van der Waals surface area contributed by atoms with Crippen LogP contribution in [0, 0.1) is 0 Å². The van der Waals surface area contributed by atoms with E-state index in [1.54, 1.807) is 6.07 Å². The molecule has 9 rings (SSSR count). The molecule has 1 aliphatic heterocycles. The van der Waals surface area contributed by atoms with Crippen LogP contribution in [0.15, 0.2) is 120 Å². The van der Waals surface area contributed by atoms with Crippen molar-refractivity contribution >= 4 is 32.8 Å². The van der Waals surface area contributed by atoms with E-state index in [0.29, 0.717) is 17.0 Å². The third-order valence-corrected chi connectivity index (χ3v) is 8.61. The predicted molar refractivity (Wildman–Crippen MR) is 169 cm³/mol. The second-order valence-corrected chi connectivity index (χ2v) is 11.2. The summed E-state index contributed by atoms with van der Waals surface area (Å²) in [5.41, 5.74) is 7.73. The average Bonchev–Trinajstić information content (AvgIpc) is 3.73. The normalized spacial score (nSPS) is 17.0. The summed E-state index contributed by atoms with van der Waals surface area (Å²) in [7, 11) is 1.96. The minimum atomic E-state index is -0.0577. The molecule has 1 aliphatic carbocycles. The molecule has 43 heavy (non-hydrogen) atoms. The molecule has 0 spiro atoms. The van der Waals surface area contributed by atoms with E-state index in [-0.39, 0.29) is 17.8 Å². The number of benzene rings is 4. The van der Waals surface area contributed by atoms with Crippen LogP contribution in [0.3, 0.4) is 0 Å². The van der Waals surface area contributed by atoms with Gasteiger partial charge < -0.3 is 18.8 Å². The number of para-hydroxylation sites is 2. The molecule has 1 N–H and O–H groups in total. The number of pyridine rings is 1. The Morgan fingerprint density at radius 3 is 2.63 bits per heavy atom. The van der Waals surface area contributed by atoms with Gasteiger partial charge in [-0.3, -0.25) is 0 Å². The maximum absolute atomic E-state index is 11.1. The zero-order valence-corrected chi connectivity index (χ0v) is 23.2. The van der Waals surface area contributed by atoms with Gasteiger partial charge in [-0.2, -0.15) is 0 Å². The van der Waals surface area contributed by atoms with E-state index in [1.165, 1.54) is 0 Å². The lowest BCUT2D eigenvalue weighted by Crippen LogP contribution is -2.15. The number of ether oxygens (including phenoxy) is 1. The monoisotopic (exact) mass is 559 g/mol.